The average Bonchev–Trinajstić information content (AvgIpc) is 3.84. The Kier molecular flexibility index (Phi) is 10.7. The van der Waals surface area contributed by atoms with Crippen molar-refractivity contribution in [3.8, 4) is 0 Å². The Balaban J connectivity index is 0.798. The Bertz CT molecular complexity index is 2500. The molecular weight excluding hydrogens is 777 g/mol. The molecular formula is C45H52N10O6. The van der Waals surface area contributed by atoms with E-state index in [0.717, 1.165) is 87.5 Å². The third-order valence-electron chi connectivity index (χ3n) is 13.5. The van der Waals surface area contributed by atoms with Crippen molar-refractivity contribution in [2.45, 2.75) is 103 Å². The van der Waals surface area contributed by atoms with Gasteiger partial charge in [-0.15, -0.1) is 0 Å². The fourth-order valence-electron chi connectivity index (χ4n) is 10.5. The van der Waals surface area contributed by atoms with Gasteiger partial charge >= 0.3 is 0 Å². The van der Waals surface area contributed by atoms with Crippen LogP contribution in [-0.2, 0) is 9.59 Å². The molecule has 1 aromatic carbocycles. The molecule has 4 aromatic rings. The lowest BCUT2D eigenvalue weighted by Crippen LogP contribution is -2.58. The highest BCUT2D eigenvalue weighted by atomic mass is 16.2. The van der Waals surface area contributed by atoms with Gasteiger partial charge in [0, 0.05) is 74.5 Å². The minimum absolute atomic E-state index is 0.00419. The van der Waals surface area contributed by atoms with Crippen LogP contribution in [0.25, 0.3) is 11.0 Å². The highest BCUT2D eigenvalue weighted by molar-refractivity contribution is 6.23. The number of piperazine rings is 1. The Hall–Kier alpha value is -6.03. The number of aromatic nitrogens is 4. The highest BCUT2D eigenvalue weighted by Gasteiger charge is 2.45. The van der Waals surface area contributed by atoms with Gasteiger partial charge in [-0.1, -0.05) is 12.8 Å². The molecule has 4 amide bonds. The summed E-state index contributed by atoms with van der Waals surface area (Å²) in [4.78, 5) is 99.4. The predicted molar refractivity (Wildman–Crippen MR) is 229 cm³/mol. The molecule has 1 aliphatic carbocycles. The summed E-state index contributed by atoms with van der Waals surface area (Å²) in [6.07, 6.45) is 9.73. The molecule has 7 heterocycles. The van der Waals surface area contributed by atoms with Gasteiger partial charge < -0.3 is 15.1 Å². The van der Waals surface area contributed by atoms with Crippen LogP contribution in [0.1, 0.15) is 115 Å². The number of amides is 4. The molecule has 3 unspecified atom stereocenters. The zero-order valence-electron chi connectivity index (χ0n) is 35.1. The van der Waals surface area contributed by atoms with E-state index in [1.54, 1.807) is 29.8 Å². The van der Waals surface area contributed by atoms with Crippen molar-refractivity contribution in [2.75, 3.05) is 47.8 Å². The largest absolute Gasteiger partial charge is 0.370 e. The Labute approximate surface area is 353 Å². The molecule has 0 spiro atoms. The van der Waals surface area contributed by atoms with Crippen LogP contribution in [-0.4, -0.2) is 110 Å². The summed E-state index contributed by atoms with van der Waals surface area (Å²) in [5, 5.41) is 6.19. The molecule has 0 radical (unpaired) electrons. The Morgan fingerprint density at radius 1 is 0.852 bits per heavy atom. The van der Waals surface area contributed by atoms with Gasteiger partial charge in [0.15, 0.2) is 5.78 Å². The first-order chi connectivity index (χ1) is 29.4. The first-order valence-corrected chi connectivity index (χ1v) is 21.6. The molecule has 318 valence electrons. The van der Waals surface area contributed by atoms with E-state index in [-0.39, 0.29) is 53.4 Å². The summed E-state index contributed by atoms with van der Waals surface area (Å²) < 4.78 is 1.71. The van der Waals surface area contributed by atoms with Gasteiger partial charge in [0.05, 0.1) is 28.6 Å². The van der Waals surface area contributed by atoms with Crippen LogP contribution in [0.4, 0.5) is 23.1 Å². The maximum Gasteiger partial charge on any atom is 0.263 e. The maximum atomic E-state index is 13.6. The van der Waals surface area contributed by atoms with E-state index in [1.807, 2.05) is 18.3 Å². The molecule has 2 N–H and O–H groups in total. The van der Waals surface area contributed by atoms with Crippen LogP contribution in [0.5, 0.6) is 0 Å². The van der Waals surface area contributed by atoms with Gasteiger partial charge in [0.2, 0.25) is 17.8 Å². The summed E-state index contributed by atoms with van der Waals surface area (Å²) in [6, 6.07) is 8.72. The number of pyridine rings is 2. The molecule has 1 saturated carbocycles. The number of imide groups is 2. The number of carbonyl (C=O) groups excluding carboxylic acids is 5. The van der Waals surface area contributed by atoms with Crippen molar-refractivity contribution in [3.05, 3.63) is 75.3 Å². The topological polar surface area (TPSA) is 183 Å². The van der Waals surface area contributed by atoms with Crippen molar-refractivity contribution >= 4 is 63.6 Å². The monoisotopic (exact) mass is 828 g/mol. The molecule has 3 saturated heterocycles. The van der Waals surface area contributed by atoms with Crippen molar-refractivity contribution in [1.82, 2.24) is 34.6 Å². The summed E-state index contributed by atoms with van der Waals surface area (Å²) in [5.41, 5.74) is 3.61. The molecule has 9 rings (SSSR count). The van der Waals surface area contributed by atoms with E-state index < -0.39 is 29.7 Å². The van der Waals surface area contributed by atoms with E-state index in [9.17, 15) is 28.8 Å². The van der Waals surface area contributed by atoms with Crippen LogP contribution in [0.3, 0.4) is 0 Å². The lowest BCUT2D eigenvalue weighted by molar-refractivity contribution is -0.136. The first-order valence-electron chi connectivity index (χ1n) is 21.6. The van der Waals surface area contributed by atoms with Gasteiger partial charge in [-0.05, 0) is 102 Å². The second-order valence-electron chi connectivity index (χ2n) is 17.6. The molecule has 3 aromatic heterocycles. The number of nitrogens with zero attached hydrogens (tertiary/aromatic N) is 8. The van der Waals surface area contributed by atoms with Crippen LogP contribution in [0, 0.1) is 12.8 Å². The molecule has 4 fully saturated rings. The number of fused-ring (bicyclic) bond motifs is 2. The Morgan fingerprint density at radius 3 is 2.23 bits per heavy atom. The van der Waals surface area contributed by atoms with Gasteiger partial charge in [-0.3, -0.25) is 48.5 Å². The van der Waals surface area contributed by atoms with Gasteiger partial charge in [-0.25, -0.2) is 9.97 Å². The van der Waals surface area contributed by atoms with E-state index >= 15 is 0 Å². The maximum absolute atomic E-state index is 13.6. The molecule has 0 bridgehead atoms. The SMILES string of the molecule is CC(=O)c1c(C)c2cnc(Nc3ccc(N4CCC(CN5CC(C)N(c6ccc7c(c6)C(=O)N(C6CCC(=O)NC6=O)C7=O)C(C)C5)CC4)cn3)nc2n(C2CCCC2)c1=O. The van der Waals surface area contributed by atoms with E-state index in [1.165, 1.54) is 6.92 Å². The van der Waals surface area contributed by atoms with E-state index in [2.05, 4.69) is 50.2 Å². The number of anilines is 4. The number of nitrogens with one attached hydrogen (secondary N) is 2. The predicted octanol–water partition coefficient (Wildman–Crippen LogP) is 4.77. The smallest absolute Gasteiger partial charge is 0.263 e. The summed E-state index contributed by atoms with van der Waals surface area (Å²) in [5.74, 6) is -0.739. The number of benzene rings is 1. The number of hydrogen-bond acceptors (Lipinski definition) is 13. The quantitative estimate of drug-likeness (QED) is 0.174. The molecule has 16 nitrogen and oxygen atoms in total. The third kappa shape index (κ3) is 7.44. The van der Waals surface area contributed by atoms with Crippen molar-refractivity contribution < 1.29 is 24.0 Å². The molecule has 16 heteroatoms. The lowest BCUT2D eigenvalue weighted by atomic mass is 9.94. The number of rotatable bonds is 9. The zero-order chi connectivity index (χ0) is 42.7. The average molecular weight is 829 g/mol. The second-order valence-corrected chi connectivity index (χ2v) is 17.6. The molecule has 61 heavy (non-hydrogen) atoms. The number of aryl methyl sites for hydroxylation is 1. The number of hydrogen-bond donors (Lipinski definition) is 2. The fraction of sp³-hybridized carbons (Fsp3) is 0.489. The van der Waals surface area contributed by atoms with Gasteiger partial charge in [0.1, 0.15) is 17.5 Å². The molecule has 4 aliphatic heterocycles. The summed E-state index contributed by atoms with van der Waals surface area (Å²) in [7, 11) is 0. The van der Waals surface area contributed by atoms with Crippen LogP contribution in [0.15, 0.2) is 47.5 Å². The van der Waals surface area contributed by atoms with Crippen LogP contribution in [0.2, 0.25) is 0 Å². The number of carbonyl (C=O) groups is 5. The second kappa shape index (κ2) is 16.1. The summed E-state index contributed by atoms with van der Waals surface area (Å²) in [6.45, 7) is 12.2. The highest BCUT2D eigenvalue weighted by Crippen LogP contribution is 2.35. The van der Waals surface area contributed by atoms with Crippen molar-refractivity contribution in [1.29, 1.82) is 0 Å². The minimum atomic E-state index is -0.986. The van der Waals surface area contributed by atoms with Crippen LogP contribution < -0.4 is 26.0 Å². The van der Waals surface area contributed by atoms with E-state index in [4.69, 9.17) is 9.97 Å². The third-order valence-corrected chi connectivity index (χ3v) is 13.5. The summed E-state index contributed by atoms with van der Waals surface area (Å²) >= 11 is 0. The van der Waals surface area contributed by atoms with Gasteiger partial charge in [-0.2, -0.15) is 4.98 Å². The van der Waals surface area contributed by atoms with Crippen molar-refractivity contribution in [3.63, 3.8) is 0 Å². The number of piperidine rings is 2. The fourth-order valence-corrected chi connectivity index (χ4v) is 10.5. The first kappa shape index (κ1) is 40.4. The zero-order valence-corrected chi connectivity index (χ0v) is 35.1. The minimum Gasteiger partial charge on any atom is -0.370 e. The van der Waals surface area contributed by atoms with Crippen molar-refractivity contribution in [2.24, 2.45) is 5.92 Å². The molecule has 3 atom stereocenters. The number of Topliss-reactive ketones (excluding diaryl/α,β-unsaturated/α-hetero) is 1. The van der Waals surface area contributed by atoms with Crippen LogP contribution >= 0.6 is 0 Å². The lowest BCUT2D eigenvalue weighted by Gasteiger charge is -2.47. The van der Waals surface area contributed by atoms with Gasteiger partial charge in [0.25, 0.3) is 17.4 Å². The molecule has 5 aliphatic rings. The standard InChI is InChI=1S/C45H52N10O6/c1-25-22-51(23-26(2)53(25)31-9-11-33-34(19-31)43(60)55(42(33)59)36-12-14-38(57)49-41(36)58)24-29-15-17-52(18-16-29)32-10-13-37(46-20-32)48-45-47-21-35-27(3)39(28(4)56)44(61)54(40(35)50-45)30-7-5-6-8-30/h9-11,13,19-21,25-26,29-30,36H,5-8,12,14-18,22-24H2,1-4H3,(H,49,57,58)(H,46,47,48,50). The van der Waals surface area contributed by atoms with E-state index in [0.29, 0.717) is 39.8 Å². The normalized spacial score (nSPS) is 23.0. The number of ketones is 1. The Morgan fingerprint density at radius 2 is 1.56 bits per heavy atom.